The molecule has 0 aliphatic rings. The van der Waals surface area contributed by atoms with E-state index in [0.717, 1.165) is 11.1 Å². The third kappa shape index (κ3) is 5.49. The molecule has 3 N–H and O–H groups in total. The van der Waals surface area contributed by atoms with Gasteiger partial charge in [0.25, 0.3) is 5.91 Å². The summed E-state index contributed by atoms with van der Waals surface area (Å²) in [5, 5.41) is 23.4. The molecule has 6 nitrogen and oxygen atoms in total. The first kappa shape index (κ1) is 18.7. The van der Waals surface area contributed by atoms with E-state index in [2.05, 4.69) is 10.6 Å². The van der Waals surface area contributed by atoms with E-state index >= 15 is 0 Å². The van der Waals surface area contributed by atoms with E-state index in [-0.39, 0.29) is 18.5 Å². The Morgan fingerprint density at radius 2 is 1.58 bits per heavy atom. The number of carboxylic acid groups (broad SMARTS) is 1. The fraction of sp³-hybridized carbons (Fsp3) is 0.150. The zero-order chi connectivity index (χ0) is 18.8. The number of hydrogen-bond donors (Lipinski definition) is 3. The van der Waals surface area contributed by atoms with Crippen molar-refractivity contribution in [3.63, 3.8) is 0 Å². The molecule has 2 aromatic rings. The summed E-state index contributed by atoms with van der Waals surface area (Å²) in [6.07, 6.45) is 1.14. The lowest BCUT2D eigenvalue weighted by atomic mass is 9.98. The second-order valence-corrected chi connectivity index (χ2v) is 5.50. The number of amides is 1. The standard InChI is InChI=1S/C20H19N3O3/c21-13-17(14-22-12-11-18(24)25)20(26)23-19(15-7-3-1-4-8-15)16-9-5-2-6-10-16/h1-10,14,19,22H,11-12H2,(H,23,26)(H,24,25)/b17-14-. The highest BCUT2D eigenvalue weighted by atomic mass is 16.4. The SMILES string of the molecule is N#C/C(=C/NCCC(=O)O)C(=O)NC(c1ccccc1)c1ccccc1. The third-order valence-corrected chi connectivity index (χ3v) is 3.64. The van der Waals surface area contributed by atoms with Crippen LogP contribution in [0.1, 0.15) is 23.6 Å². The normalized spacial score (nSPS) is 10.8. The van der Waals surface area contributed by atoms with E-state index in [4.69, 9.17) is 5.11 Å². The van der Waals surface area contributed by atoms with Gasteiger partial charge in [0.2, 0.25) is 0 Å². The number of aliphatic carboxylic acids is 1. The second kappa shape index (κ2) is 9.64. The van der Waals surface area contributed by atoms with E-state index in [9.17, 15) is 14.9 Å². The molecule has 0 fully saturated rings. The predicted molar refractivity (Wildman–Crippen MR) is 96.8 cm³/mol. The zero-order valence-corrected chi connectivity index (χ0v) is 14.1. The van der Waals surface area contributed by atoms with Crippen LogP contribution >= 0.6 is 0 Å². The fourth-order valence-corrected chi connectivity index (χ4v) is 2.36. The molecule has 6 heteroatoms. The lowest BCUT2D eigenvalue weighted by Gasteiger charge is -2.19. The summed E-state index contributed by atoms with van der Waals surface area (Å²) >= 11 is 0. The van der Waals surface area contributed by atoms with Crippen LogP contribution in [-0.4, -0.2) is 23.5 Å². The fourth-order valence-electron chi connectivity index (χ4n) is 2.36. The average Bonchev–Trinajstić information content (AvgIpc) is 2.67. The summed E-state index contributed by atoms with van der Waals surface area (Å²) in [5.74, 6) is -1.49. The lowest BCUT2D eigenvalue weighted by Crippen LogP contribution is -2.31. The molecule has 0 aromatic heterocycles. The molecule has 2 rings (SSSR count). The van der Waals surface area contributed by atoms with Gasteiger partial charge in [-0.25, -0.2) is 0 Å². The highest BCUT2D eigenvalue weighted by Crippen LogP contribution is 2.22. The summed E-state index contributed by atoms with van der Waals surface area (Å²) in [6, 6.07) is 20.3. The van der Waals surface area contributed by atoms with Crippen LogP contribution in [0.15, 0.2) is 72.4 Å². The Morgan fingerprint density at radius 1 is 1.04 bits per heavy atom. The monoisotopic (exact) mass is 349 g/mol. The van der Waals surface area contributed by atoms with Crippen LogP contribution in [0.2, 0.25) is 0 Å². The maximum atomic E-state index is 12.5. The molecular formula is C20H19N3O3. The highest BCUT2D eigenvalue weighted by molar-refractivity contribution is 5.97. The number of nitrogens with one attached hydrogen (secondary N) is 2. The van der Waals surface area contributed by atoms with Crippen molar-refractivity contribution in [1.82, 2.24) is 10.6 Å². The van der Waals surface area contributed by atoms with Crippen LogP contribution in [0.3, 0.4) is 0 Å². The summed E-state index contributed by atoms with van der Waals surface area (Å²) < 4.78 is 0. The zero-order valence-electron chi connectivity index (χ0n) is 14.1. The quantitative estimate of drug-likeness (QED) is 0.386. The number of carbonyl (C=O) groups excluding carboxylic acids is 1. The number of carbonyl (C=O) groups is 2. The van der Waals surface area contributed by atoms with Crippen LogP contribution in [-0.2, 0) is 9.59 Å². The summed E-state index contributed by atoms with van der Waals surface area (Å²) in [4.78, 5) is 23.0. The van der Waals surface area contributed by atoms with E-state index in [1.165, 1.54) is 6.20 Å². The molecule has 0 unspecified atom stereocenters. The Bertz CT molecular complexity index is 772. The number of hydrogen-bond acceptors (Lipinski definition) is 4. The molecule has 0 bridgehead atoms. The minimum atomic E-state index is -0.956. The van der Waals surface area contributed by atoms with E-state index < -0.39 is 17.9 Å². The number of carboxylic acids is 1. The van der Waals surface area contributed by atoms with Gasteiger partial charge in [-0.15, -0.1) is 0 Å². The second-order valence-electron chi connectivity index (χ2n) is 5.50. The lowest BCUT2D eigenvalue weighted by molar-refractivity contribution is -0.136. The number of nitrogens with zero attached hydrogens (tertiary/aromatic N) is 1. The van der Waals surface area contributed by atoms with Crippen molar-refractivity contribution in [3.8, 4) is 6.07 Å². The maximum absolute atomic E-state index is 12.5. The van der Waals surface area contributed by atoms with Gasteiger partial charge in [0.1, 0.15) is 11.6 Å². The molecule has 132 valence electrons. The molecular weight excluding hydrogens is 330 g/mol. The molecule has 0 saturated carbocycles. The highest BCUT2D eigenvalue weighted by Gasteiger charge is 2.19. The first-order valence-corrected chi connectivity index (χ1v) is 8.08. The van der Waals surface area contributed by atoms with Crippen molar-refractivity contribution in [3.05, 3.63) is 83.6 Å². The van der Waals surface area contributed by atoms with Crippen LogP contribution in [0, 0.1) is 11.3 Å². The smallest absolute Gasteiger partial charge is 0.305 e. The summed E-state index contributed by atoms with van der Waals surface area (Å²) in [5.41, 5.74) is 1.67. The Balaban J connectivity index is 2.17. The van der Waals surface area contributed by atoms with Gasteiger partial charge >= 0.3 is 5.97 Å². The maximum Gasteiger partial charge on any atom is 0.305 e. The van der Waals surface area contributed by atoms with Crippen LogP contribution in [0.4, 0.5) is 0 Å². The Morgan fingerprint density at radius 3 is 2.04 bits per heavy atom. The first-order valence-electron chi connectivity index (χ1n) is 8.08. The van der Waals surface area contributed by atoms with Crippen molar-refractivity contribution in [2.75, 3.05) is 6.54 Å². The molecule has 0 aliphatic carbocycles. The molecule has 1 amide bonds. The third-order valence-electron chi connectivity index (χ3n) is 3.64. The average molecular weight is 349 g/mol. The van der Waals surface area contributed by atoms with E-state index in [0.29, 0.717) is 0 Å². The minimum Gasteiger partial charge on any atom is -0.481 e. The van der Waals surface area contributed by atoms with Gasteiger partial charge in [-0.05, 0) is 11.1 Å². The van der Waals surface area contributed by atoms with Crippen molar-refractivity contribution < 1.29 is 14.7 Å². The number of rotatable bonds is 8. The summed E-state index contributed by atoms with van der Waals surface area (Å²) in [6.45, 7) is 0.134. The van der Waals surface area contributed by atoms with Gasteiger partial charge < -0.3 is 15.7 Å². The van der Waals surface area contributed by atoms with Crippen LogP contribution < -0.4 is 10.6 Å². The van der Waals surface area contributed by atoms with Crippen molar-refractivity contribution in [2.24, 2.45) is 0 Å². The minimum absolute atomic E-state index is 0.104. The Hall–Kier alpha value is -3.59. The van der Waals surface area contributed by atoms with Crippen molar-refractivity contribution in [1.29, 1.82) is 5.26 Å². The first-order chi connectivity index (χ1) is 12.6. The molecule has 0 saturated heterocycles. The van der Waals surface area contributed by atoms with Gasteiger partial charge in [-0.2, -0.15) is 5.26 Å². The van der Waals surface area contributed by atoms with Gasteiger partial charge in [0.15, 0.2) is 0 Å². The molecule has 26 heavy (non-hydrogen) atoms. The number of benzene rings is 2. The van der Waals surface area contributed by atoms with E-state index in [1.54, 1.807) is 0 Å². The summed E-state index contributed by atoms with van der Waals surface area (Å²) in [7, 11) is 0. The largest absolute Gasteiger partial charge is 0.481 e. The Kier molecular flexibility index (Phi) is 6.95. The molecule has 0 spiro atoms. The van der Waals surface area contributed by atoms with Crippen molar-refractivity contribution >= 4 is 11.9 Å². The van der Waals surface area contributed by atoms with E-state index in [1.807, 2.05) is 66.7 Å². The van der Waals surface area contributed by atoms with Crippen LogP contribution in [0.5, 0.6) is 0 Å². The predicted octanol–water partition coefficient (Wildman–Crippen LogP) is 2.36. The molecule has 2 aromatic carbocycles. The molecule has 0 heterocycles. The number of nitriles is 1. The van der Waals surface area contributed by atoms with Gasteiger partial charge in [-0.1, -0.05) is 60.7 Å². The Labute approximate surface area is 151 Å². The molecule has 0 radical (unpaired) electrons. The van der Waals surface area contributed by atoms with Gasteiger partial charge in [0, 0.05) is 12.7 Å². The molecule has 0 aliphatic heterocycles. The van der Waals surface area contributed by atoms with Gasteiger partial charge in [-0.3, -0.25) is 9.59 Å². The van der Waals surface area contributed by atoms with Crippen LogP contribution in [0.25, 0.3) is 0 Å². The molecule has 0 atom stereocenters. The van der Waals surface area contributed by atoms with Gasteiger partial charge in [0.05, 0.1) is 12.5 Å². The topological polar surface area (TPSA) is 102 Å². The van der Waals surface area contributed by atoms with Crippen molar-refractivity contribution in [2.45, 2.75) is 12.5 Å².